The number of para-hydroxylation sites is 2. The summed E-state index contributed by atoms with van der Waals surface area (Å²) >= 11 is 0. The minimum absolute atomic E-state index is 0.102. The summed E-state index contributed by atoms with van der Waals surface area (Å²) in [5, 5.41) is 3.06. The molecule has 0 radical (unpaired) electrons. The van der Waals surface area contributed by atoms with E-state index in [-0.39, 0.29) is 11.4 Å². The second kappa shape index (κ2) is 9.20. The molecule has 1 fully saturated rings. The van der Waals surface area contributed by atoms with Crippen molar-refractivity contribution >= 4 is 16.9 Å². The van der Waals surface area contributed by atoms with Gasteiger partial charge in [-0.3, -0.25) is 14.6 Å². The number of carbonyl (C=O) groups excluding carboxylic acids is 1. The molecule has 0 bridgehead atoms. The Labute approximate surface area is 184 Å². The summed E-state index contributed by atoms with van der Waals surface area (Å²) in [7, 11) is 0. The molecular weight excluding hydrogens is 386 g/mol. The lowest BCUT2D eigenvalue weighted by molar-refractivity contribution is -0.124. The van der Waals surface area contributed by atoms with Crippen LogP contribution in [0.1, 0.15) is 32.2 Å². The highest BCUT2D eigenvalue weighted by Crippen LogP contribution is 2.20. The summed E-state index contributed by atoms with van der Waals surface area (Å²) in [6.07, 6.45) is 0. The van der Waals surface area contributed by atoms with Gasteiger partial charge >= 0.3 is 0 Å². The lowest BCUT2D eigenvalue weighted by Gasteiger charge is -2.34. The Morgan fingerprint density at radius 2 is 1.55 bits per heavy atom. The van der Waals surface area contributed by atoms with Crippen LogP contribution in [0.2, 0.25) is 0 Å². The molecule has 0 aliphatic carbocycles. The number of benzene rings is 2. The molecule has 0 saturated carbocycles. The van der Waals surface area contributed by atoms with Gasteiger partial charge in [-0.25, -0.2) is 4.98 Å². The topological polar surface area (TPSA) is 53.4 Å². The smallest absolute Gasteiger partial charge is 0.234 e. The van der Waals surface area contributed by atoms with Crippen LogP contribution in [0.3, 0.4) is 0 Å². The molecule has 4 rings (SSSR count). The third-order valence-corrected chi connectivity index (χ3v) is 5.63. The molecule has 2 heterocycles. The number of rotatable bonds is 6. The van der Waals surface area contributed by atoms with Crippen molar-refractivity contribution in [2.75, 3.05) is 32.7 Å². The number of aromatic nitrogens is 2. The molecule has 164 valence electrons. The fourth-order valence-electron chi connectivity index (χ4n) is 4.15. The van der Waals surface area contributed by atoms with Crippen LogP contribution in [0, 0.1) is 0 Å². The van der Waals surface area contributed by atoms with E-state index in [1.54, 1.807) is 0 Å². The third kappa shape index (κ3) is 5.71. The Balaban J connectivity index is 1.41. The number of fused-ring (bicyclic) bond motifs is 1. The number of hydrogen-bond acceptors (Lipinski definition) is 4. The first-order valence-electron chi connectivity index (χ1n) is 11.1. The summed E-state index contributed by atoms with van der Waals surface area (Å²) in [4.78, 5) is 21.9. The Morgan fingerprint density at radius 3 is 2.26 bits per heavy atom. The van der Waals surface area contributed by atoms with Crippen molar-refractivity contribution in [3.63, 3.8) is 0 Å². The van der Waals surface area contributed by atoms with Crippen LogP contribution in [-0.4, -0.2) is 63.5 Å². The summed E-state index contributed by atoms with van der Waals surface area (Å²) in [6.45, 7) is 11.9. The highest BCUT2D eigenvalue weighted by molar-refractivity contribution is 5.78. The average molecular weight is 420 g/mol. The van der Waals surface area contributed by atoms with Gasteiger partial charge in [-0.1, -0.05) is 42.5 Å². The molecule has 1 N–H and O–H groups in total. The van der Waals surface area contributed by atoms with E-state index in [0.717, 1.165) is 50.6 Å². The lowest BCUT2D eigenvalue weighted by Crippen LogP contribution is -2.51. The van der Waals surface area contributed by atoms with Gasteiger partial charge in [0.05, 0.1) is 24.1 Å². The second-order valence-corrected chi connectivity index (χ2v) is 9.44. The van der Waals surface area contributed by atoms with Crippen LogP contribution in [0.25, 0.3) is 11.0 Å². The first-order chi connectivity index (χ1) is 14.9. The molecule has 0 unspecified atom stereocenters. The Hall–Kier alpha value is -2.70. The maximum absolute atomic E-state index is 12.2. The zero-order chi connectivity index (χ0) is 21.8. The van der Waals surface area contributed by atoms with Crippen LogP contribution in [0.5, 0.6) is 0 Å². The van der Waals surface area contributed by atoms with Crippen LogP contribution < -0.4 is 5.32 Å². The van der Waals surface area contributed by atoms with E-state index in [9.17, 15) is 4.79 Å². The molecule has 6 nitrogen and oxygen atoms in total. The highest BCUT2D eigenvalue weighted by Gasteiger charge is 2.22. The minimum Gasteiger partial charge on any atom is -0.350 e. The normalized spacial score (nSPS) is 16.0. The summed E-state index contributed by atoms with van der Waals surface area (Å²) in [5.74, 6) is 1.20. The lowest BCUT2D eigenvalue weighted by atomic mass is 10.1. The van der Waals surface area contributed by atoms with Gasteiger partial charge in [0.1, 0.15) is 5.82 Å². The molecule has 0 atom stereocenters. The van der Waals surface area contributed by atoms with E-state index in [1.165, 1.54) is 11.1 Å². The fourth-order valence-corrected chi connectivity index (χ4v) is 4.15. The molecule has 1 aliphatic heterocycles. The maximum Gasteiger partial charge on any atom is 0.234 e. The van der Waals surface area contributed by atoms with Crippen molar-refractivity contribution in [2.24, 2.45) is 0 Å². The van der Waals surface area contributed by atoms with Gasteiger partial charge in [0.2, 0.25) is 5.91 Å². The number of imidazole rings is 1. The molecule has 0 spiro atoms. The molecule has 1 amide bonds. The largest absolute Gasteiger partial charge is 0.350 e. The highest BCUT2D eigenvalue weighted by atomic mass is 16.2. The van der Waals surface area contributed by atoms with E-state index in [2.05, 4.69) is 68.2 Å². The first kappa shape index (κ1) is 21.5. The molecule has 3 aromatic rings. The number of amides is 1. The van der Waals surface area contributed by atoms with Gasteiger partial charge in [0.15, 0.2) is 0 Å². The zero-order valence-corrected chi connectivity index (χ0v) is 18.8. The zero-order valence-electron chi connectivity index (χ0n) is 18.8. The Kier molecular flexibility index (Phi) is 6.39. The van der Waals surface area contributed by atoms with E-state index in [1.807, 2.05) is 26.8 Å². The molecule has 1 aliphatic rings. The molecule has 2 aromatic carbocycles. The average Bonchev–Trinajstić information content (AvgIpc) is 3.06. The quantitative estimate of drug-likeness (QED) is 0.667. The Bertz CT molecular complexity index is 1010. The number of piperazine rings is 1. The molecule has 1 saturated heterocycles. The molecule has 31 heavy (non-hydrogen) atoms. The van der Waals surface area contributed by atoms with E-state index in [0.29, 0.717) is 6.54 Å². The number of nitrogens with zero attached hydrogens (tertiary/aromatic N) is 4. The van der Waals surface area contributed by atoms with E-state index < -0.39 is 0 Å². The van der Waals surface area contributed by atoms with Crippen molar-refractivity contribution < 1.29 is 4.79 Å². The summed E-state index contributed by atoms with van der Waals surface area (Å²) < 4.78 is 2.34. The van der Waals surface area contributed by atoms with Crippen molar-refractivity contribution in [2.45, 2.75) is 39.4 Å². The van der Waals surface area contributed by atoms with Crippen LogP contribution in [-0.2, 0) is 17.9 Å². The summed E-state index contributed by atoms with van der Waals surface area (Å²) in [5.41, 5.74) is 3.32. The minimum atomic E-state index is -0.184. The van der Waals surface area contributed by atoms with Gasteiger partial charge in [0.25, 0.3) is 0 Å². The summed E-state index contributed by atoms with van der Waals surface area (Å²) in [6, 6.07) is 18.9. The van der Waals surface area contributed by atoms with E-state index >= 15 is 0 Å². The van der Waals surface area contributed by atoms with Gasteiger partial charge in [-0.2, -0.15) is 0 Å². The molecular formula is C25H33N5O. The number of carbonyl (C=O) groups is 1. The van der Waals surface area contributed by atoms with Crippen LogP contribution in [0.15, 0.2) is 54.6 Å². The Morgan fingerprint density at radius 1 is 0.903 bits per heavy atom. The third-order valence-electron chi connectivity index (χ3n) is 5.63. The first-order valence-corrected chi connectivity index (χ1v) is 11.1. The predicted octanol–water partition coefficient (Wildman–Crippen LogP) is 3.12. The van der Waals surface area contributed by atoms with Crippen LogP contribution >= 0.6 is 0 Å². The number of nitrogens with one attached hydrogen (secondary N) is 1. The maximum atomic E-state index is 12.2. The van der Waals surface area contributed by atoms with Crippen LogP contribution in [0.4, 0.5) is 0 Å². The van der Waals surface area contributed by atoms with Gasteiger partial charge < -0.3 is 9.88 Å². The standard InChI is InChI=1S/C25H33N5O/c1-25(2,3)27-24(31)19-29-15-13-28(14-16-29)18-23-26-21-11-7-8-12-22(21)30(23)17-20-9-5-4-6-10-20/h4-12H,13-19H2,1-3H3,(H,27,31). The van der Waals surface area contributed by atoms with Gasteiger partial charge in [0, 0.05) is 38.3 Å². The monoisotopic (exact) mass is 419 g/mol. The van der Waals surface area contributed by atoms with Gasteiger partial charge in [-0.15, -0.1) is 0 Å². The number of hydrogen-bond donors (Lipinski definition) is 1. The van der Waals surface area contributed by atoms with Crippen molar-refractivity contribution in [3.05, 3.63) is 66.0 Å². The molecule has 1 aromatic heterocycles. The fraction of sp³-hybridized carbons (Fsp3) is 0.440. The predicted molar refractivity (Wildman–Crippen MR) is 125 cm³/mol. The second-order valence-electron chi connectivity index (χ2n) is 9.44. The SMILES string of the molecule is CC(C)(C)NC(=O)CN1CCN(Cc2nc3ccccc3n2Cc2ccccc2)CC1. The van der Waals surface area contributed by atoms with Crippen molar-refractivity contribution in [1.29, 1.82) is 0 Å². The molecule has 6 heteroatoms. The van der Waals surface area contributed by atoms with Crippen molar-refractivity contribution in [1.82, 2.24) is 24.7 Å². The van der Waals surface area contributed by atoms with Gasteiger partial charge in [-0.05, 0) is 38.5 Å². The van der Waals surface area contributed by atoms with E-state index in [4.69, 9.17) is 4.98 Å². The van der Waals surface area contributed by atoms with Crippen molar-refractivity contribution in [3.8, 4) is 0 Å².